The number of rotatable bonds is 48. The molecule has 0 aliphatic carbocycles. The molecule has 0 aromatic carbocycles. The highest BCUT2D eigenvalue weighted by Gasteiger charge is 2.44. The van der Waals surface area contributed by atoms with Gasteiger partial charge >= 0.3 is 0 Å². The Bertz CT molecular complexity index is 1250. The predicted molar refractivity (Wildman–Crippen MR) is 286 cm³/mol. The van der Waals surface area contributed by atoms with Gasteiger partial charge < -0.3 is 40.3 Å². The number of amides is 1. The van der Waals surface area contributed by atoms with E-state index in [1.54, 1.807) is 6.08 Å². The van der Waals surface area contributed by atoms with Crippen molar-refractivity contribution in [3.8, 4) is 0 Å². The number of allylic oxidation sites excluding steroid dienone is 9. The maximum atomic E-state index is 13.0. The molecule has 1 aliphatic heterocycles. The molecule has 1 rings (SSSR count). The first kappa shape index (κ1) is 63.9. The Kier molecular flexibility index (Phi) is 45.6. The summed E-state index contributed by atoms with van der Waals surface area (Å²) in [5.41, 5.74) is 0. The van der Waals surface area contributed by atoms with Crippen LogP contribution in [-0.2, 0) is 14.3 Å². The van der Waals surface area contributed by atoms with Gasteiger partial charge in [0.1, 0.15) is 24.4 Å². The van der Waals surface area contributed by atoms with Crippen molar-refractivity contribution in [1.82, 2.24) is 5.32 Å². The molecule has 0 aromatic rings. The van der Waals surface area contributed by atoms with Crippen LogP contribution in [0.15, 0.2) is 60.8 Å². The summed E-state index contributed by atoms with van der Waals surface area (Å²) in [4.78, 5) is 13.0. The highest BCUT2D eigenvalue weighted by molar-refractivity contribution is 5.76. The lowest BCUT2D eigenvalue weighted by Gasteiger charge is -2.40. The van der Waals surface area contributed by atoms with Crippen molar-refractivity contribution in [1.29, 1.82) is 0 Å². The Labute approximate surface area is 417 Å². The monoisotopic (exact) mass is 958 g/mol. The third-order valence-electron chi connectivity index (χ3n) is 13.3. The fourth-order valence-electron chi connectivity index (χ4n) is 8.82. The number of carbonyl (C=O) groups excluding carboxylic acids is 1. The van der Waals surface area contributed by atoms with Gasteiger partial charge in [-0.3, -0.25) is 4.79 Å². The molecule has 9 nitrogen and oxygen atoms in total. The number of aliphatic hydroxyl groups is 5. The zero-order chi connectivity index (χ0) is 49.4. The van der Waals surface area contributed by atoms with Crippen molar-refractivity contribution in [3.63, 3.8) is 0 Å². The van der Waals surface area contributed by atoms with Crippen molar-refractivity contribution in [3.05, 3.63) is 60.8 Å². The number of nitrogens with one attached hydrogen (secondary N) is 1. The van der Waals surface area contributed by atoms with Crippen molar-refractivity contribution < 1.29 is 39.8 Å². The van der Waals surface area contributed by atoms with E-state index in [9.17, 15) is 30.3 Å². The lowest BCUT2D eigenvalue weighted by Crippen LogP contribution is -2.60. The van der Waals surface area contributed by atoms with E-state index in [4.69, 9.17) is 9.47 Å². The minimum Gasteiger partial charge on any atom is -0.394 e. The average Bonchev–Trinajstić information content (AvgIpc) is 3.34. The van der Waals surface area contributed by atoms with Crippen LogP contribution in [0.2, 0.25) is 0 Å². The van der Waals surface area contributed by atoms with E-state index in [1.165, 1.54) is 173 Å². The molecule has 1 fully saturated rings. The molecule has 68 heavy (non-hydrogen) atoms. The van der Waals surface area contributed by atoms with Gasteiger partial charge in [0.25, 0.3) is 0 Å². The standard InChI is InChI=1S/C59H107NO8/c1-3-5-7-9-11-13-15-17-19-21-23-25-26-27-29-30-32-34-36-38-40-42-44-46-48-53(62)52(51-67-59-58(66)57(65)56(64)54(50-61)68-59)60-55(63)49-47-45-43-41-39-37-35-33-31-28-24-22-20-18-16-14-12-10-8-6-4-2/h6,8,12,14,30,32,38,40,46,48,52-54,56-59,61-62,64-66H,3-5,7,9-11,13,15-29,31,33-37,39,41-45,47,49-51H2,1-2H3,(H,60,63)/b8-6-,14-12-,32-30+,40-38+,48-46+. The number of ether oxygens (including phenoxy) is 2. The van der Waals surface area contributed by atoms with Crippen LogP contribution < -0.4 is 5.32 Å². The van der Waals surface area contributed by atoms with Gasteiger partial charge in [-0.05, 0) is 70.6 Å². The predicted octanol–water partition coefficient (Wildman–Crippen LogP) is 13.9. The van der Waals surface area contributed by atoms with E-state index in [-0.39, 0.29) is 12.5 Å². The molecule has 1 heterocycles. The van der Waals surface area contributed by atoms with Crippen molar-refractivity contribution in [2.45, 2.75) is 294 Å². The summed E-state index contributed by atoms with van der Waals surface area (Å²) < 4.78 is 11.3. The van der Waals surface area contributed by atoms with Crippen LogP contribution in [0.5, 0.6) is 0 Å². The molecule has 6 N–H and O–H groups in total. The molecule has 1 amide bonds. The molecule has 1 saturated heterocycles. The van der Waals surface area contributed by atoms with E-state index in [0.717, 1.165) is 57.8 Å². The number of carbonyl (C=O) groups is 1. The van der Waals surface area contributed by atoms with E-state index >= 15 is 0 Å². The van der Waals surface area contributed by atoms with Crippen LogP contribution in [0.3, 0.4) is 0 Å². The summed E-state index contributed by atoms with van der Waals surface area (Å²) in [5, 5.41) is 54.5. The van der Waals surface area contributed by atoms with E-state index < -0.39 is 49.5 Å². The molecule has 0 radical (unpaired) electrons. The van der Waals surface area contributed by atoms with Crippen LogP contribution >= 0.6 is 0 Å². The molecule has 396 valence electrons. The Hall–Kier alpha value is -2.11. The van der Waals surface area contributed by atoms with Gasteiger partial charge in [0.05, 0.1) is 25.4 Å². The summed E-state index contributed by atoms with van der Waals surface area (Å²) in [6, 6.07) is -0.830. The first-order chi connectivity index (χ1) is 33.3. The minimum absolute atomic E-state index is 0.191. The molecule has 7 unspecified atom stereocenters. The molecule has 0 aromatic heterocycles. The second-order valence-electron chi connectivity index (χ2n) is 19.7. The van der Waals surface area contributed by atoms with Gasteiger partial charge in [-0.15, -0.1) is 0 Å². The molecule has 7 atom stereocenters. The second-order valence-corrected chi connectivity index (χ2v) is 19.7. The third kappa shape index (κ3) is 37.7. The fourth-order valence-corrected chi connectivity index (χ4v) is 8.82. The lowest BCUT2D eigenvalue weighted by molar-refractivity contribution is -0.302. The zero-order valence-electron chi connectivity index (χ0n) is 43.9. The summed E-state index contributed by atoms with van der Waals surface area (Å²) in [6.45, 7) is 3.67. The molecule has 0 bridgehead atoms. The molecular weight excluding hydrogens is 851 g/mol. The molecule has 0 saturated carbocycles. The topological polar surface area (TPSA) is 149 Å². The maximum absolute atomic E-state index is 13.0. The van der Waals surface area contributed by atoms with Gasteiger partial charge in [-0.2, -0.15) is 0 Å². The highest BCUT2D eigenvalue weighted by Crippen LogP contribution is 2.23. The quantitative estimate of drug-likeness (QED) is 0.0261. The van der Waals surface area contributed by atoms with Crippen LogP contribution in [0.25, 0.3) is 0 Å². The average molecular weight is 959 g/mol. The van der Waals surface area contributed by atoms with Gasteiger partial charge in [0.15, 0.2) is 6.29 Å². The van der Waals surface area contributed by atoms with E-state index in [2.05, 4.69) is 67.8 Å². The smallest absolute Gasteiger partial charge is 0.220 e. The van der Waals surface area contributed by atoms with Crippen molar-refractivity contribution in [2.75, 3.05) is 13.2 Å². The largest absolute Gasteiger partial charge is 0.394 e. The Morgan fingerprint density at radius 3 is 1.40 bits per heavy atom. The molecule has 9 heteroatoms. The molecule has 1 aliphatic rings. The van der Waals surface area contributed by atoms with Crippen LogP contribution in [0.4, 0.5) is 0 Å². The Morgan fingerprint density at radius 2 is 0.926 bits per heavy atom. The maximum Gasteiger partial charge on any atom is 0.220 e. The van der Waals surface area contributed by atoms with E-state index in [0.29, 0.717) is 6.42 Å². The van der Waals surface area contributed by atoms with Gasteiger partial charge in [-0.25, -0.2) is 0 Å². The molecule has 0 spiro atoms. The Balaban J connectivity index is 2.27. The zero-order valence-corrected chi connectivity index (χ0v) is 43.9. The number of hydrogen-bond acceptors (Lipinski definition) is 8. The first-order valence-electron chi connectivity index (χ1n) is 28.5. The third-order valence-corrected chi connectivity index (χ3v) is 13.3. The highest BCUT2D eigenvalue weighted by atomic mass is 16.7. The Morgan fingerprint density at radius 1 is 0.515 bits per heavy atom. The summed E-state index contributed by atoms with van der Waals surface area (Å²) in [6.07, 6.45) is 58.6. The lowest BCUT2D eigenvalue weighted by atomic mass is 9.99. The SMILES string of the molecule is CC/C=C\C/C=C\CCCCCCCCCCCCCCCCC(=O)NC(COC1OC(CO)C(O)C(O)C1O)C(O)/C=C/CC/C=C/CC/C=C/CCCCCCCCCCCCCCCC. The summed E-state index contributed by atoms with van der Waals surface area (Å²) >= 11 is 0. The van der Waals surface area contributed by atoms with Crippen LogP contribution in [0.1, 0.15) is 251 Å². The summed E-state index contributed by atoms with van der Waals surface area (Å²) in [7, 11) is 0. The minimum atomic E-state index is -1.58. The normalized spacial score (nSPS) is 20.0. The number of hydrogen-bond donors (Lipinski definition) is 6. The van der Waals surface area contributed by atoms with Crippen molar-refractivity contribution >= 4 is 5.91 Å². The van der Waals surface area contributed by atoms with Gasteiger partial charge in [0.2, 0.25) is 5.91 Å². The van der Waals surface area contributed by atoms with Crippen molar-refractivity contribution in [2.24, 2.45) is 0 Å². The van der Waals surface area contributed by atoms with E-state index in [1.807, 2.05) is 6.08 Å². The number of aliphatic hydroxyl groups excluding tert-OH is 5. The second kappa shape index (κ2) is 48.5. The van der Waals surface area contributed by atoms with Crippen LogP contribution in [-0.4, -0.2) is 87.5 Å². The number of unbranched alkanes of at least 4 members (excludes halogenated alkanes) is 30. The summed E-state index contributed by atoms with van der Waals surface area (Å²) in [5.74, 6) is -0.191. The van der Waals surface area contributed by atoms with Gasteiger partial charge in [0, 0.05) is 6.42 Å². The fraction of sp³-hybridized carbons (Fsp3) is 0.814. The van der Waals surface area contributed by atoms with Gasteiger partial charge in [-0.1, -0.05) is 235 Å². The molecular formula is C59H107NO8. The van der Waals surface area contributed by atoms with Crippen LogP contribution in [0, 0.1) is 0 Å². The first-order valence-corrected chi connectivity index (χ1v) is 28.5.